The highest BCUT2D eigenvalue weighted by atomic mass is 32.2. The van der Waals surface area contributed by atoms with Crippen LogP contribution in [0.1, 0.15) is 25.0 Å². The summed E-state index contributed by atoms with van der Waals surface area (Å²) in [5, 5.41) is 0. The first kappa shape index (κ1) is 23.0. The number of aromatic nitrogens is 1. The standard InChI is InChI=1S/C21H26FN3O5S/c1-15-12-18(14-21(27)24(15)2)30-17-7-10-25(11-8-17)20(26)6-9-23-31(28,29)19-5-3-4-16(22)13-19/h3-5,12-14,17,23H,6-11H2,1-2H3. The molecule has 0 aliphatic carbocycles. The summed E-state index contributed by atoms with van der Waals surface area (Å²) in [6.07, 6.45) is 1.15. The lowest BCUT2D eigenvalue weighted by atomic mass is 10.1. The number of likely N-dealkylation sites (tertiary alicyclic amines) is 1. The van der Waals surface area contributed by atoms with E-state index in [-0.39, 0.29) is 35.4 Å². The number of hydrogen-bond acceptors (Lipinski definition) is 5. The molecule has 1 saturated heterocycles. The number of aryl methyl sites for hydroxylation is 1. The Kier molecular flexibility index (Phi) is 7.11. The molecule has 0 radical (unpaired) electrons. The zero-order valence-electron chi connectivity index (χ0n) is 17.5. The van der Waals surface area contributed by atoms with Crippen LogP contribution in [-0.2, 0) is 21.9 Å². The van der Waals surface area contributed by atoms with Gasteiger partial charge in [-0.3, -0.25) is 9.59 Å². The van der Waals surface area contributed by atoms with Gasteiger partial charge in [0.1, 0.15) is 17.7 Å². The topological polar surface area (TPSA) is 97.7 Å². The van der Waals surface area contributed by atoms with Crippen molar-refractivity contribution in [2.45, 2.75) is 37.2 Å². The lowest BCUT2D eigenvalue weighted by molar-refractivity contribution is -0.132. The second kappa shape index (κ2) is 9.61. The maximum Gasteiger partial charge on any atom is 0.254 e. The summed E-state index contributed by atoms with van der Waals surface area (Å²) in [4.78, 5) is 25.8. The molecule has 1 fully saturated rings. The van der Waals surface area contributed by atoms with Crippen LogP contribution in [0.3, 0.4) is 0 Å². The van der Waals surface area contributed by atoms with Crippen LogP contribution in [0.4, 0.5) is 4.39 Å². The number of amides is 1. The van der Waals surface area contributed by atoms with Gasteiger partial charge >= 0.3 is 0 Å². The molecule has 1 N–H and O–H groups in total. The largest absolute Gasteiger partial charge is 0.490 e. The highest BCUT2D eigenvalue weighted by Gasteiger charge is 2.24. The number of hydrogen-bond donors (Lipinski definition) is 1. The lowest BCUT2D eigenvalue weighted by Crippen LogP contribution is -2.42. The number of rotatable bonds is 7. The van der Waals surface area contributed by atoms with Gasteiger partial charge in [-0.1, -0.05) is 6.07 Å². The molecule has 1 aliphatic heterocycles. The summed E-state index contributed by atoms with van der Waals surface area (Å²) in [6.45, 7) is 2.74. The number of nitrogens with zero attached hydrogens (tertiary/aromatic N) is 2. The van der Waals surface area contributed by atoms with Gasteiger partial charge in [-0.05, 0) is 31.2 Å². The van der Waals surface area contributed by atoms with Crippen LogP contribution >= 0.6 is 0 Å². The van der Waals surface area contributed by atoms with Crippen molar-refractivity contribution < 1.29 is 22.3 Å². The Morgan fingerprint density at radius 2 is 1.94 bits per heavy atom. The molecule has 1 aromatic carbocycles. The molecule has 1 aromatic heterocycles. The maximum absolute atomic E-state index is 13.2. The number of piperidine rings is 1. The minimum Gasteiger partial charge on any atom is -0.490 e. The summed E-state index contributed by atoms with van der Waals surface area (Å²) in [7, 11) is -2.17. The summed E-state index contributed by atoms with van der Waals surface area (Å²) in [5.74, 6) is -0.281. The number of carbonyl (C=O) groups is 1. The van der Waals surface area contributed by atoms with Gasteiger partial charge in [0.05, 0.1) is 4.90 Å². The molecule has 10 heteroatoms. The van der Waals surface area contributed by atoms with Gasteiger partial charge in [0.25, 0.3) is 5.56 Å². The summed E-state index contributed by atoms with van der Waals surface area (Å²) in [6, 6.07) is 7.96. The highest BCUT2D eigenvalue weighted by Crippen LogP contribution is 2.19. The summed E-state index contributed by atoms with van der Waals surface area (Å²) >= 11 is 0. The summed E-state index contributed by atoms with van der Waals surface area (Å²) in [5.41, 5.74) is 0.666. The molecular formula is C21H26FN3O5S. The van der Waals surface area contributed by atoms with E-state index in [9.17, 15) is 22.4 Å². The fraction of sp³-hybridized carbons (Fsp3) is 0.429. The molecule has 31 heavy (non-hydrogen) atoms. The highest BCUT2D eigenvalue weighted by molar-refractivity contribution is 7.89. The molecule has 0 unspecified atom stereocenters. The van der Waals surface area contributed by atoms with Crippen molar-refractivity contribution in [2.75, 3.05) is 19.6 Å². The molecule has 0 saturated carbocycles. The van der Waals surface area contributed by atoms with Crippen LogP contribution in [0.2, 0.25) is 0 Å². The minimum atomic E-state index is -3.87. The van der Waals surface area contributed by atoms with E-state index in [2.05, 4.69) is 4.72 Å². The Morgan fingerprint density at radius 3 is 2.58 bits per heavy atom. The monoisotopic (exact) mass is 451 g/mol. The Morgan fingerprint density at radius 1 is 1.23 bits per heavy atom. The molecule has 168 valence electrons. The Bertz CT molecular complexity index is 1110. The minimum absolute atomic E-state index is 0.00793. The van der Waals surface area contributed by atoms with Gasteiger partial charge in [0.15, 0.2) is 0 Å². The van der Waals surface area contributed by atoms with Crippen molar-refractivity contribution >= 4 is 15.9 Å². The predicted octanol–water partition coefficient (Wildman–Crippen LogP) is 1.57. The molecule has 3 rings (SSSR count). The van der Waals surface area contributed by atoms with E-state index in [1.54, 1.807) is 11.9 Å². The Hall–Kier alpha value is -2.72. The van der Waals surface area contributed by atoms with Crippen molar-refractivity contribution in [3.8, 4) is 5.75 Å². The number of nitrogens with one attached hydrogen (secondary N) is 1. The molecular weight excluding hydrogens is 425 g/mol. The fourth-order valence-corrected chi connectivity index (χ4v) is 4.45. The average Bonchev–Trinajstić information content (AvgIpc) is 2.72. The van der Waals surface area contributed by atoms with E-state index in [0.717, 1.165) is 17.8 Å². The van der Waals surface area contributed by atoms with Gasteiger partial charge in [0.2, 0.25) is 15.9 Å². The molecule has 0 atom stereocenters. The number of pyridine rings is 1. The van der Waals surface area contributed by atoms with E-state index in [1.165, 1.54) is 22.8 Å². The van der Waals surface area contributed by atoms with Crippen molar-refractivity contribution in [1.29, 1.82) is 0 Å². The van der Waals surface area contributed by atoms with Crippen LogP contribution in [0, 0.1) is 12.7 Å². The van der Waals surface area contributed by atoms with Crippen LogP contribution in [-0.4, -0.2) is 49.5 Å². The quantitative estimate of drug-likeness (QED) is 0.689. The third-order valence-electron chi connectivity index (χ3n) is 5.31. The van der Waals surface area contributed by atoms with E-state index >= 15 is 0 Å². The first-order valence-corrected chi connectivity index (χ1v) is 11.5. The normalized spacial score (nSPS) is 15.1. The van der Waals surface area contributed by atoms with Crippen molar-refractivity contribution in [3.63, 3.8) is 0 Å². The number of carbonyl (C=O) groups excluding carboxylic acids is 1. The Balaban J connectivity index is 1.45. The maximum atomic E-state index is 13.2. The van der Waals surface area contributed by atoms with Crippen LogP contribution < -0.4 is 15.0 Å². The second-order valence-electron chi connectivity index (χ2n) is 7.53. The van der Waals surface area contributed by atoms with Crippen molar-refractivity contribution in [3.05, 3.63) is 58.3 Å². The van der Waals surface area contributed by atoms with Gasteiger partial charge in [-0.25, -0.2) is 17.5 Å². The van der Waals surface area contributed by atoms with E-state index in [1.807, 2.05) is 13.0 Å². The summed E-state index contributed by atoms with van der Waals surface area (Å²) < 4.78 is 47.4. The van der Waals surface area contributed by atoms with Crippen LogP contribution in [0.15, 0.2) is 46.1 Å². The molecule has 1 amide bonds. The van der Waals surface area contributed by atoms with Crippen molar-refractivity contribution in [2.24, 2.45) is 7.05 Å². The molecule has 0 spiro atoms. The predicted molar refractivity (Wildman–Crippen MR) is 113 cm³/mol. The third-order valence-corrected chi connectivity index (χ3v) is 6.77. The second-order valence-corrected chi connectivity index (χ2v) is 9.30. The van der Waals surface area contributed by atoms with Gasteiger partial charge in [-0.15, -0.1) is 0 Å². The van der Waals surface area contributed by atoms with E-state index < -0.39 is 15.8 Å². The molecule has 8 nitrogen and oxygen atoms in total. The number of sulfonamides is 1. The van der Waals surface area contributed by atoms with Gasteiger partial charge in [-0.2, -0.15) is 0 Å². The zero-order chi connectivity index (χ0) is 22.6. The first-order chi connectivity index (χ1) is 14.7. The average molecular weight is 452 g/mol. The van der Waals surface area contributed by atoms with Gasteiger partial charge in [0, 0.05) is 57.7 Å². The zero-order valence-corrected chi connectivity index (χ0v) is 18.3. The molecule has 0 bridgehead atoms. The number of ether oxygens (including phenoxy) is 1. The first-order valence-electron chi connectivity index (χ1n) is 10.0. The smallest absolute Gasteiger partial charge is 0.254 e. The van der Waals surface area contributed by atoms with E-state index in [0.29, 0.717) is 31.7 Å². The van der Waals surface area contributed by atoms with Crippen molar-refractivity contribution in [1.82, 2.24) is 14.2 Å². The van der Waals surface area contributed by atoms with Crippen LogP contribution in [0.25, 0.3) is 0 Å². The lowest BCUT2D eigenvalue weighted by Gasteiger charge is -2.32. The SMILES string of the molecule is Cc1cc(OC2CCN(C(=O)CCNS(=O)(=O)c3cccc(F)c3)CC2)cc(=O)n1C. The molecule has 1 aliphatic rings. The molecule has 2 heterocycles. The Labute approximate surface area is 180 Å². The molecule has 2 aromatic rings. The van der Waals surface area contributed by atoms with Gasteiger partial charge < -0.3 is 14.2 Å². The fourth-order valence-electron chi connectivity index (χ4n) is 3.39. The number of halogens is 1. The third kappa shape index (κ3) is 5.92. The number of benzene rings is 1. The van der Waals surface area contributed by atoms with Crippen LogP contribution in [0.5, 0.6) is 5.75 Å². The van der Waals surface area contributed by atoms with E-state index in [4.69, 9.17) is 4.74 Å².